The molecule has 1 fully saturated rings. The minimum absolute atomic E-state index is 0.133. The Morgan fingerprint density at radius 1 is 1.60 bits per heavy atom. The lowest BCUT2D eigenvalue weighted by atomic mass is 10.2. The highest BCUT2D eigenvalue weighted by atomic mass is 79.9. The van der Waals surface area contributed by atoms with Gasteiger partial charge < -0.3 is 10.2 Å². The van der Waals surface area contributed by atoms with Gasteiger partial charge in [0, 0.05) is 0 Å². The molecule has 0 aromatic carbocycles. The van der Waals surface area contributed by atoms with Crippen LogP contribution in [-0.2, 0) is 5.54 Å². The third-order valence-corrected chi connectivity index (χ3v) is 2.26. The van der Waals surface area contributed by atoms with Gasteiger partial charge in [-0.3, -0.25) is 0 Å². The van der Waals surface area contributed by atoms with Crippen LogP contribution in [0, 0.1) is 0 Å². The molecule has 1 saturated carbocycles. The summed E-state index contributed by atoms with van der Waals surface area (Å²) in [6.45, 7) is 0. The predicted molar refractivity (Wildman–Crippen MR) is 41.5 cm³/mol. The van der Waals surface area contributed by atoms with Crippen LogP contribution in [0.25, 0.3) is 0 Å². The van der Waals surface area contributed by atoms with E-state index in [4.69, 9.17) is 10.2 Å². The van der Waals surface area contributed by atoms with Crippen molar-refractivity contribution in [1.29, 1.82) is 0 Å². The summed E-state index contributed by atoms with van der Waals surface area (Å²) in [5.74, 6) is 0.902. The predicted octanol–water partition coefficient (Wildman–Crippen LogP) is 1.99. The van der Waals surface area contributed by atoms with E-state index in [1.165, 1.54) is 0 Å². The maximum atomic E-state index is 5.87. The highest BCUT2D eigenvalue weighted by Crippen LogP contribution is 2.43. The highest BCUT2D eigenvalue weighted by Gasteiger charge is 2.42. The van der Waals surface area contributed by atoms with Gasteiger partial charge in [0.25, 0.3) is 0 Å². The first-order chi connectivity index (χ1) is 4.71. The molecule has 1 aliphatic carbocycles. The van der Waals surface area contributed by atoms with Gasteiger partial charge in [-0.15, -0.1) is 0 Å². The second kappa shape index (κ2) is 1.86. The van der Waals surface area contributed by atoms with Gasteiger partial charge in [-0.1, -0.05) is 0 Å². The van der Waals surface area contributed by atoms with Crippen LogP contribution in [0.3, 0.4) is 0 Å². The number of halogens is 1. The molecule has 0 amide bonds. The molecule has 2 nitrogen and oxygen atoms in total. The van der Waals surface area contributed by atoms with Gasteiger partial charge in [0.1, 0.15) is 12.0 Å². The van der Waals surface area contributed by atoms with E-state index >= 15 is 0 Å². The molecule has 10 heavy (non-hydrogen) atoms. The van der Waals surface area contributed by atoms with Gasteiger partial charge in [-0.25, -0.2) is 0 Å². The Balaban J connectivity index is 2.34. The van der Waals surface area contributed by atoms with Crippen LogP contribution in [0.2, 0.25) is 0 Å². The molecular formula is C7H8BrNO. The van der Waals surface area contributed by atoms with E-state index < -0.39 is 0 Å². The summed E-state index contributed by atoms with van der Waals surface area (Å²) >= 11 is 3.30. The number of rotatable bonds is 1. The van der Waals surface area contributed by atoms with Crippen molar-refractivity contribution in [3.05, 3.63) is 22.6 Å². The van der Waals surface area contributed by atoms with Gasteiger partial charge in [0.2, 0.25) is 0 Å². The van der Waals surface area contributed by atoms with Crippen molar-refractivity contribution in [2.45, 2.75) is 18.4 Å². The van der Waals surface area contributed by atoms with Gasteiger partial charge in [0.15, 0.2) is 0 Å². The van der Waals surface area contributed by atoms with E-state index in [9.17, 15) is 0 Å². The van der Waals surface area contributed by atoms with Crippen LogP contribution in [-0.4, -0.2) is 0 Å². The summed E-state index contributed by atoms with van der Waals surface area (Å²) in [6.07, 6.45) is 3.77. The molecule has 0 saturated heterocycles. The van der Waals surface area contributed by atoms with Crippen LogP contribution in [0.15, 0.2) is 21.2 Å². The van der Waals surface area contributed by atoms with E-state index in [1.807, 2.05) is 6.07 Å². The van der Waals surface area contributed by atoms with Crippen LogP contribution < -0.4 is 5.73 Å². The van der Waals surface area contributed by atoms with E-state index in [0.717, 1.165) is 23.1 Å². The van der Waals surface area contributed by atoms with E-state index in [2.05, 4.69) is 15.9 Å². The molecule has 0 unspecified atom stereocenters. The summed E-state index contributed by atoms with van der Waals surface area (Å²) in [5, 5.41) is 0. The average Bonchev–Trinajstić information content (AvgIpc) is 2.45. The summed E-state index contributed by atoms with van der Waals surface area (Å²) < 4.78 is 6.19. The van der Waals surface area contributed by atoms with Crippen molar-refractivity contribution in [2.24, 2.45) is 5.73 Å². The molecule has 54 valence electrons. The minimum atomic E-state index is -0.133. The quantitative estimate of drug-likeness (QED) is 0.756. The average molecular weight is 202 g/mol. The SMILES string of the molecule is NC1(c2cc(Br)co2)CC1. The monoisotopic (exact) mass is 201 g/mol. The lowest BCUT2D eigenvalue weighted by Gasteiger charge is -2.00. The molecule has 0 spiro atoms. The number of nitrogens with two attached hydrogens (primary N) is 1. The van der Waals surface area contributed by atoms with Gasteiger partial charge in [0.05, 0.1) is 10.0 Å². The molecule has 2 rings (SSSR count). The largest absolute Gasteiger partial charge is 0.466 e. The first kappa shape index (κ1) is 6.43. The van der Waals surface area contributed by atoms with Crippen LogP contribution in [0.1, 0.15) is 18.6 Å². The second-order valence-corrected chi connectivity index (χ2v) is 3.70. The third kappa shape index (κ3) is 0.896. The molecule has 1 aliphatic rings. The summed E-state index contributed by atoms with van der Waals surface area (Å²) in [7, 11) is 0. The van der Waals surface area contributed by atoms with Crippen LogP contribution in [0.5, 0.6) is 0 Å². The normalized spacial score (nSPS) is 21.0. The van der Waals surface area contributed by atoms with E-state index in [-0.39, 0.29) is 5.54 Å². The molecule has 0 aliphatic heterocycles. The number of furan rings is 1. The molecule has 2 N–H and O–H groups in total. The molecule has 0 bridgehead atoms. The van der Waals surface area contributed by atoms with Crippen molar-refractivity contribution in [3.63, 3.8) is 0 Å². The Labute approximate surface area is 67.5 Å². The molecule has 1 heterocycles. The maximum Gasteiger partial charge on any atom is 0.124 e. The second-order valence-electron chi connectivity index (χ2n) is 2.79. The molecule has 1 aromatic heterocycles. The van der Waals surface area contributed by atoms with Crippen LogP contribution in [0.4, 0.5) is 0 Å². The molecule has 0 radical (unpaired) electrons. The van der Waals surface area contributed by atoms with Crippen LogP contribution >= 0.6 is 15.9 Å². The number of hydrogen-bond acceptors (Lipinski definition) is 2. The van der Waals surface area contributed by atoms with Crippen molar-refractivity contribution in [1.82, 2.24) is 0 Å². The van der Waals surface area contributed by atoms with E-state index in [1.54, 1.807) is 6.26 Å². The lowest BCUT2D eigenvalue weighted by molar-refractivity contribution is 0.457. The van der Waals surface area contributed by atoms with Gasteiger partial charge in [-0.05, 0) is 34.8 Å². The maximum absolute atomic E-state index is 5.87. The Morgan fingerprint density at radius 3 is 2.70 bits per heavy atom. The fourth-order valence-electron chi connectivity index (χ4n) is 0.955. The first-order valence-corrected chi connectivity index (χ1v) is 4.03. The van der Waals surface area contributed by atoms with Crippen molar-refractivity contribution in [2.75, 3.05) is 0 Å². The zero-order chi connectivity index (χ0) is 7.19. The standard InChI is InChI=1S/C7H8BrNO/c8-5-3-6(10-4-5)7(9)1-2-7/h3-4H,1-2,9H2. The zero-order valence-electron chi connectivity index (χ0n) is 5.43. The Kier molecular flexibility index (Phi) is 1.20. The smallest absolute Gasteiger partial charge is 0.124 e. The van der Waals surface area contributed by atoms with E-state index in [0.29, 0.717) is 0 Å². The van der Waals surface area contributed by atoms with Crippen molar-refractivity contribution >= 4 is 15.9 Å². The first-order valence-electron chi connectivity index (χ1n) is 3.24. The Morgan fingerprint density at radius 2 is 2.30 bits per heavy atom. The third-order valence-electron chi connectivity index (χ3n) is 1.85. The summed E-state index contributed by atoms with van der Waals surface area (Å²) in [5.41, 5.74) is 5.73. The fourth-order valence-corrected chi connectivity index (χ4v) is 1.26. The summed E-state index contributed by atoms with van der Waals surface area (Å²) in [4.78, 5) is 0. The Bertz CT molecular complexity index is 252. The van der Waals surface area contributed by atoms with Crippen molar-refractivity contribution in [3.8, 4) is 0 Å². The van der Waals surface area contributed by atoms with Gasteiger partial charge in [-0.2, -0.15) is 0 Å². The summed E-state index contributed by atoms with van der Waals surface area (Å²) in [6, 6.07) is 1.94. The molecule has 1 aromatic rings. The lowest BCUT2D eigenvalue weighted by Crippen LogP contribution is -2.17. The molecule has 3 heteroatoms. The minimum Gasteiger partial charge on any atom is -0.466 e. The molecule has 0 atom stereocenters. The number of hydrogen-bond donors (Lipinski definition) is 1. The highest BCUT2D eigenvalue weighted by molar-refractivity contribution is 9.10. The zero-order valence-corrected chi connectivity index (χ0v) is 7.02. The molecular weight excluding hydrogens is 194 g/mol. The topological polar surface area (TPSA) is 39.2 Å². The Hall–Kier alpha value is -0.280. The fraction of sp³-hybridized carbons (Fsp3) is 0.429. The van der Waals surface area contributed by atoms with Gasteiger partial charge >= 0.3 is 0 Å². The van der Waals surface area contributed by atoms with Crippen molar-refractivity contribution < 1.29 is 4.42 Å².